The summed E-state index contributed by atoms with van der Waals surface area (Å²) < 4.78 is 8.29. The lowest BCUT2D eigenvalue weighted by Gasteiger charge is -2.36. The molecule has 2 aliphatic rings. The first-order valence-corrected chi connectivity index (χ1v) is 13.7. The zero-order chi connectivity index (χ0) is 26.6. The zero-order valence-electron chi connectivity index (χ0n) is 22.0. The quantitative estimate of drug-likeness (QED) is 0.319. The number of anilines is 1. The number of piperidine rings is 1. The van der Waals surface area contributed by atoms with Gasteiger partial charge in [0.25, 0.3) is 0 Å². The first-order valence-electron chi connectivity index (χ1n) is 13.7. The van der Waals surface area contributed by atoms with Gasteiger partial charge in [0.05, 0.1) is 5.39 Å². The molecule has 0 unspecified atom stereocenters. The van der Waals surface area contributed by atoms with Gasteiger partial charge in [-0.2, -0.15) is 0 Å². The largest absolute Gasteiger partial charge is 0.489 e. The second-order valence-corrected chi connectivity index (χ2v) is 10.5. The lowest BCUT2D eigenvalue weighted by Crippen LogP contribution is -2.41. The van der Waals surface area contributed by atoms with Crippen molar-refractivity contribution in [3.05, 3.63) is 72.7 Å². The van der Waals surface area contributed by atoms with E-state index in [-0.39, 0.29) is 12.1 Å². The van der Waals surface area contributed by atoms with Crippen LogP contribution in [0.15, 0.2) is 67.1 Å². The summed E-state index contributed by atoms with van der Waals surface area (Å²) in [6, 6.07) is 18.4. The van der Waals surface area contributed by atoms with E-state index in [4.69, 9.17) is 15.3 Å². The van der Waals surface area contributed by atoms with Gasteiger partial charge in [-0.15, -0.1) is 5.06 Å². The van der Waals surface area contributed by atoms with E-state index in [0.29, 0.717) is 24.9 Å². The van der Waals surface area contributed by atoms with Crippen molar-refractivity contribution in [3.8, 4) is 16.9 Å². The predicted octanol–water partition coefficient (Wildman–Crippen LogP) is 5.34. The molecule has 0 radical (unpaired) electrons. The number of carbonyl (C=O) groups is 1. The highest BCUT2D eigenvalue weighted by molar-refractivity contribution is 6.00. The van der Waals surface area contributed by atoms with Crippen LogP contribution in [0.3, 0.4) is 0 Å². The molecule has 202 valence electrons. The summed E-state index contributed by atoms with van der Waals surface area (Å²) in [6.45, 7) is 2.73. The van der Waals surface area contributed by atoms with Crippen LogP contribution in [-0.2, 0) is 11.4 Å². The number of fused-ring (bicyclic) bond motifs is 1. The van der Waals surface area contributed by atoms with Crippen LogP contribution in [-0.4, -0.2) is 45.3 Å². The van der Waals surface area contributed by atoms with E-state index < -0.39 is 0 Å². The topological polar surface area (TPSA) is 108 Å². The summed E-state index contributed by atoms with van der Waals surface area (Å²) in [5.74, 6) is 1.64. The van der Waals surface area contributed by atoms with Crippen molar-refractivity contribution in [1.29, 1.82) is 0 Å². The molecule has 0 spiro atoms. The van der Waals surface area contributed by atoms with E-state index in [1.54, 1.807) is 5.06 Å². The third kappa shape index (κ3) is 5.68. The van der Waals surface area contributed by atoms with Gasteiger partial charge in [-0.1, -0.05) is 48.9 Å². The number of nitrogens with one attached hydrogen (secondary N) is 1. The molecular weight excluding hydrogens is 492 g/mol. The highest BCUT2D eigenvalue weighted by atomic mass is 16.7. The molecule has 2 fully saturated rings. The Balaban J connectivity index is 1.13. The van der Waals surface area contributed by atoms with Gasteiger partial charge in [-0.3, -0.25) is 0 Å². The molecule has 2 aromatic carbocycles. The number of ether oxygens (including phenoxy) is 1. The average Bonchev–Trinajstić information content (AvgIpc) is 3.33. The van der Waals surface area contributed by atoms with Gasteiger partial charge in [0.2, 0.25) is 0 Å². The third-order valence-corrected chi connectivity index (χ3v) is 7.70. The Bertz CT molecular complexity index is 1430. The van der Waals surface area contributed by atoms with Crippen molar-refractivity contribution in [3.63, 3.8) is 0 Å². The number of nitrogens with zero attached hydrogens (tertiary/aromatic N) is 4. The van der Waals surface area contributed by atoms with Crippen molar-refractivity contribution in [2.24, 2.45) is 5.92 Å². The number of rotatable bonds is 8. The number of amides is 1. The number of nitrogens with two attached hydrogens (primary N) is 1. The minimum Gasteiger partial charge on any atom is -0.489 e. The Hall–Kier alpha value is -4.11. The molecule has 1 aliphatic heterocycles. The molecule has 1 saturated heterocycles. The molecule has 4 aromatic rings. The Morgan fingerprint density at radius 1 is 1.03 bits per heavy atom. The van der Waals surface area contributed by atoms with Crippen LogP contribution in [0.5, 0.6) is 5.75 Å². The second kappa shape index (κ2) is 11.3. The standard InChI is InChI=1S/C30H34N6O3/c31-28-27-26(23-10-7-11-25(16-23)38-19-21-8-3-1-4-9-21)18-36(29(27)34-20-33-28)24-14-22(15-24)17-32-30(37)39-35-12-5-2-6-13-35/h1,3-4,7-11,16,18,20,22,24H,2,5-6,12-15,17,19H2,(H,32,37)(H2,31,33,34). The van der Waals surface area contributed by atoms with Gasteiger partial charge in [0, 0.05) is 37.4 Å². The van der Waals surface area contributed by atoms with Crippen molar-refractivity contribution >= 4 is 22.9 Å². The van der Waals surface area contributed by atoms with Gasteiger partial charge in [-0.25, -0.2) is 14.8 Å². The summed E-state index contributed by atoms with van der Waals surface area (Å²) in [4.78, 5) is 26.5. The maximum absolute atomic E-state index is 12.2. The normalized spacial score (nSPS) is 19.4. The number of carbonyl (C=O) groups excluding carboxylic acids is 1. The molecular formula is C30H34N6O3. The summed E-state index contributed by atoms with van der Waals surface area (Å²) in [7, 11) is 0. The van der Waals surface area contributed by atoms with Crippen LogP contribution in [0.2, 0.25) is 0 Å². The smallest absolute Gasteiger partial charge is 0.426 e. The molecule has 3 N–H and O–H groups in total. The van der Waals surface area contributed by atoms with Crippen LogP contribution in [0.4, 0.5) is 10.6 Å². The molecule has 2 aromatic heterocycles. The van der Waals surface area contributed by atoms with E-state index in [1.807, 2.05) is 36.4 Å². The molecule has 1 aliphatic carbocycles. The van der Waals surface area contributed by atoms with E-state index in [0.717, 1.165) is 72.2 Å². The first-order chi connectivity index (χ1) is 19.1. The second-order valence-electron chi connectivity index (χ2n) is 10.5. The minimum absolute atomic E-state index is 0.276. The summed E-state index contributed by atoms with van der Waals surface area (Å²) in [5.41, 5.74) is 10.3. The lowest BCUT2D eigenvalue weighted by molar-refractivity contribution is -0.111. The number of hydroxylamine groups is 2. The van der Waals surface area contributed by atoms with Crippen LogP contribution in [0.25, 0.3) is 22.2 Å². The van der Waals surface area contributed by atoms with E-state index in [1.165, 1.54) is 12.7 Å². The zero-order valence-corrected chi connectivity index (χ0v) is 22.0. The van der Waals surface area contributed by atoms with E-state index in [9.17, 15) is 4.79 Å². The third-order valence-electron chi connectivity index (χ3n) is 7.70. The maximum atomic E-state index is 12.2. The molecule has 9 nitrogen and oxygen atoms in total. The monoisotopic (exact) mass is 526 g/mol. The van der Waals surface area contributed by atoms with Crippen molar-refractivity contribution < 1.29 is 14.4 Å². The van der Waals surface area contributed by atoms with Gasteiger partial charge in [0.15, 0.2) is 0 Å². The molecule has 1 saturated carbocycles. The van der Waals surface area contributed by atoms with Crippen LogP contribution in [0, 0.1) is 5.92 Å². The van der Waals surface area contributed by atoms with Crippen LogP contribution in [0.1, 0.15) is 43.7 Å². The van der Waals surface area contributed by atoms with Gasteiger partial charge in [-0.05, 0) is 54.9 Å². The van der Waals surface area contributed by atoms with Crippen molar-refractivity contribution in [1.82, 2.24) is 24.9 Å². The minimum atomic E-state index is -0.357. The van der Waals surface area contributed by atoms with E-state index in [2.05, 4.69) is 44.2 Å². The number of hydrogen-bond donors (Lipinski definition) is 2. The molecule has 1 amide bonds. The fourth-order valence-corrected chi connectivity index (χ4v) is 5.53. The molecule has 9 heteroatoms. The molecule has 0 atom stereocenters. The van der Waals surface area contributed by atoms with Gasteiger partial charge >= 0.3 is 6.09 Å². The number of hydrogen-bond acceptors (Lipinski definition) is 7. The average molecular weight is 527 g/mol. The fraction of sp³-hybridized carbons (Fsp3) is 0.367. The highest BCUT2D eigenvalue weighted by Gasteiger charge is 2.33. The van der Waals surface area contributed by atoms with E-state index >= 15 is 0 Å². The fourth-order valence-electron chi connectivity index (χ4n) is 5.53. The summed E-state index contributed by atoms with van der Waals surface area (Å²) >= 11 is 0. The van der Waals surface area contributed by atoms with Crippen molar-refractivity contribution in [2.45, 2.75) is 44.8 Å². The predicted molar refractivity (Wildman–Crippen MR) is 150 cm³/mol. The van der Waals surface area contributed by atoms with Crippen LogP contribution >= 0.6 is 0 Å². The van der Waals surface area contributed by atoms with Crippen LogP contribution < -0.4 is 15.8 Å². The number of aromatic nitrogens is 3. The number of benzene rings is 2. The Morgan fingerprint density at radius 3 is 2.67 bits per heavy atom. The van der Waals surface area contributed by atoms with Gasteiger partial charge in [0.1, 0.15) is 30.1 Å². The van der Waals surface area contributed by atoms with Gasteiger partial charge < -0.3 is 25.2 Å². The lowest BCUT2D eigenvalue weighted by atomic mass is 9.80. The summed E-state index contributed by atoms with van der Waals surface area (Å²) in [6.07, 6.45) is 8.52. The SMILES string of the molecule is Nc1ncnc2c1c(-c1cccc(OCc3ccccc3)c1)cn2C1CC(CNC(=O)ON2CCCCC2)C1. The number of nitrogen functional groups attached to an aromatic ring is 1. The summed E-state index contributed by atoms with van der Waals surface area (Å²) in [5, 5.41) is 5.56. The molecule has 6 rings (SSSR count). The Morgan fingerprint density at radius 2 is 1.85 bits per heavy atom. The first kappa shape index (κ1) is 25.2. The molecule has 39 heavy (non-hydrogen) atoms. The molecule has 3 heterocycles. The Kier molecular flexibility index (Phi) is 7.31. The highest BCUT2D eigenvalue weighted by Crippen LogP contribution is 2.43. The van der Waals surface area contributed by atoms with Crippen molar-refractivity contribution in [2.75, 3.05) is 25.4 Å². The maximum Gasteiger partial charge on any atom is 0.426 e. The molecule has 0 bridgehead atoms. The Labute approximate surface area is 227 Å².